The number of hydrogen-bond acceptors (Lipinski definition) is 2. The number of thioether (sulfide) groups is 1. The molecule has 1 heterocycles. The zero-order chi connectivity index (χ0) is 13.9. The number of halogens is 1. The molecule has 0 spiro atoms. The molecule has 1 nitrogen and oxygen atoms in total. The highest BCUT2D eigenvalue weighted by molar-refractivity contribution is 7.99. The Labute approximate surface area is 129 Å². The predicted octanol–water partition coefficient (Wildman–Crippen LogP) is 5.23. The average molecular weight is 304 g/mol. The van der Waals surface area contributed by atoms with Crippen molar-refractivity contribution >= 4 is 23.4 Å². The molecule has 104 valence electrons. The van der Waals surface area contributed by atoms with E-state index in [0.29, 0.717) is 12.1 Å². The summed E-state index contributed by atoms with van der Waals surface area (Å²) in [5.41, 5.74) is 2.72. The van der Waals surface area contributed by atoms with Gasteiger partial charge in [0.25, 0.3) is 0 Å². The first-order chi connectivity index (χ1) is 9.74. The second-order valence-electron chi connectivity index (χ2n) is 5.17. The van der Waals surface area contributed by atoms with Crippen LogP contribution in [0.5, 0.6) is 0 Å². The quantitative estimate of drug-likeness (QED) is 0.833. The molecule has 0 amide bonds. The summed E-state index contributed by atoms with van der Waals surface area (Å²) in [6.07, 6.45) is 1.18. The first kappa shape index (κ1) is 14.0. The molecule has 1 N–H and O–H groups in total. The molecule has 0 aromatic heterocycles. The molecule has 1 aliphatic rings. The van der Waals surface area contributed by atoms with E-state index in [1.54, 1.807) is 0 Å². The molecule has 0 radical (unpaired) electrons. The normalized spacial score (nSPS) is 19.4. The maximum absolute atomic E-state index is 5.95. The summed E-state index contributed by atoms with van der Waals surface area (Å²) in [7, 11) is 0. The summed E-state index contributed by atoms with van der Waals surface area (Å²) in [5, 5.41) is 4.55. The van der Waals surface area contributed by atoms with Gasteiger partial charge in [-0.1, -0.05) is 41.9 Å². The lowest BCUT2D eigenvalue weighted by atomic mass is 10.0. The summed E-state index contributed by atoms with van der Waals surface area (Å²) >= 11 is 7.91. The molecule has 0 saturated carbocycles. The summed E-state index contributed by atoms with van der Waals surface area (Å²) in [6.45, 7) is 2.22. The minimum atomic E-state index is 0.327. The largest absolute Gasteiger partial charge is 0.303 e. The van der Waals surface area contributed by atoms with Crippen LogP contribution in [0.3, 0.4) is 0 Å². The van der Waals surface area contributed by atoms with Crippen LogP contribution < -0.4 is 5.32 Å². The third-order valence-electron chi connectivity index (χ3n) is 3.78. The van der Waals surface area contributed by atoms with E-state index >= 15 is 0 Å². The van der Waals surface area contributed by atoms with Gasteiger partial charge in [0.15, 0.2) is 0 Å². The number of fused-ring (bicyclic) bond motifs is 1. The van der Waals surface area contributed by atoms with Crippen LogP contribution in [0.4, 0.5) is 0 Å². The number of nitrogens with one attached hydrogen (secondary N) is 1. The van der Waals surface area contributed by atoms with E-state index in [-0.39, 0.29) is 0 Å². The van der Waals surface area contributed by atoms with Gasteiger partial charge in [-0.3, -0.25) is 0 Å². The zero-order valence-corrected chi connectivity index (χ0v) is 13.0. The molecule has 2 atom stereocenters. The highest BCUT2D eigenvalue weighted by Crippen LogP contribution is 2.37. The fourth-order valence-corrected chi connectivity index (χ4v) is 3.92. The number of benzene rings is 2. The van der Waals surface area contributed by atoms with Gasteiger partial charge in [0, 0.05) is 22.0 Å². The Kier molecular flexibility index (Phi) is 4.35. The van der Waals surface area contributed by atoms with Gasteiger partial charge in [0.05, 0.1) is 0 Å². The van der Waals surface area contributed by atoms with Crippen molar-refractivity contribution in [3.8, 4) is 0 Å². The Morgan fingerprint density at radius 3 is 2.70 bits per heavy atom. The van der Waals surface area contributed by atoms with Gasteiger partial charge in [-0.2, -0.15) is 0 Å². The van der Waals surface area contributed by atoms with Crippen molar-refractivity contribution in [2.24, 2.45) is 0 Å². The smallest absolute Gasteiger partial charge is 0.0406 e. The van der Waals surface area contributed by atoms with Crippen LogP contribution in [0.2, 0.25) is 5.02 Å². The molecule has 3 rings (SSSR count). The zero-order valence-electron chi connectivity index (χ0n) is 11.5. The molecule has 1 aliphatic heterocycles. The van der Waals surface area contributed by atoms with E-state index in [2.05, 4.69) is 48.6 Å². The molecule has 20 heavy (non-hydrogen) atoms. The lowest BCUT2D eigenvalue weighted by Crippen LogP contribution is -2.27. The van der Waals surface area contributed by atoms with Gasteiger partial charge in [0.1, 0.15) is 0 Å². The standard InChI is InChI=1S/C17H18ClNS/c1-12(13-6-8-14(18)9-7-13)19-16-10-11-20-17-5-3-2-4-15(16)17/h2-9,12,16,19H,10-11H2,1H3/t12-,16?/m1/s1. The van der Waals surface area contributed by atoms with Crippen molar-refractivity contribution in [1.29, 1.82) is 0 Å². The fraction of sp³-hybridized carbons (Fsp3) is 0.294. The SMILES string of the molecule is C[C@@H](NC1CCSc2ccccc21)c1ccc(Cl)cc1. The highest BCUT2D eigenvalue weighted by Gasteiger charge is 2.21. The van der Waals surface area contributed by atoms with E-state index in [4.69, 9.17) is 11.6 Å². The Hall–Kier alpha value is -0.960. The Morgan fingerprint density at radius 1 is 1.15 bits per heavy atom. The molecule has 0 aliphatic carbocycles. The summed E-state index contributed by atoms with van der Waals surface area (Å²) < 4.78 is 0. The van der Waals surface area contributed by atoms with Gasteiger partial charge < -0.3 is 5.32 Å². The maximum Gasteiger partial charge on any atom is 0.0406 e. The molecular weight excluding hydrogens is 286 g/mol. The van der Waals surface area contributed by atoms with Crippen LogP contribution in [0.1, 0.15) is 36.6 Å². The van der Waals surface area contributed by atoms with Gasteiger partial charge >= 0.3 is 0 Å². The first-order valence-electron chi connectivity index (χ1n) is 6.97. The average Bonchev–Trinajstić information content (AvgIpc) is 2.48. The van der Waals surface area contributed by atoms with Crippen LogP contribution in [-0.2, 0) is 0 Å². The van der Waals surface area contributed by atoms with Crippen LogP contribution in [-0.4, -0.2) is 5.75 Å². The summed E-state index contributed by atoms with van der Waals surface area (Å²) in [4.78, 5) is 1.42. The van der Waals surface area contributed by atoms with Crippen molar-refractivity contribution in [2.75, 3.05) is 5.75 Å². The Balaban J connectivity index is 1.77. The van der Waals surface area contributed by atoms with Crippen molar-refractivity contribution in [1.82, 2.24) is 5.32 Å². The topological polar surface area (TPSA) is 12.0 Å². The van der Waals surface area contributed by atoms with Crippen molar-refractivity contribution < 1.29 is 0 Å². The van der Waals surface area contributed by atoms with Crippen LogP contribution in [0, 0.1) is 0 Å². The molecule has 0 fully saturated rings. The van der Waals surface area contributed by atoms with Gasteiger partial charge in [-0.15, -0.1) is 11.8 Å². The van der Waals surface area contributed by atoms with Crippen LogP contribution in [0.25, 0.3) is 0 Å². The molecule has 0 bridgehead atoms. The fourth-order valence-electron chi connectivity index (χ4n) is 2.66. The second-order valence-corrected chi connectivity index (χ2v) is 6.74. The molecule has 2 aromatic carbocycles. The Morgan fingerprint density at radius 2 is 1.90 bits per heavy atom. The van der Waals surface area contributed by atoms with E-state index in [0.717, 1.165) is 5.02 Å². The number of hydrogen-bond donors (Lipinski definition) is 1. The lowest BCUT2D eigenvalue weighted by molar-refractivity contribution is 0.450. The minimum absolute atomic E-state index is 0.327. The molecule has 2 aromatic rings. The van der Waals surface area contributed by atoms with E-state index in [1.807, 2.05) is 23.9 Å². The molecule has 0 saturated heterocycles. The summed E-state index contributed by atoms with van der Waals surface area (Å²) in [6, 6.07) is 17.6. The predicted molar refractivity (Wildman–Crippen MR) is 87.5 cm³/mol. The maximum atomic E-state index is 5.95. The lowest BCUT2D eigenvalue weighted by Gasteiger charge is -2.29. The van der Waals surface area contributed by atoms with Crippen molar-refractivity contribution in [3.63, 3.8) is 0 Å². The third-order valence-corrected chi connectivity index (χ3v) is 5.15. The Bertz CT molecular complexity index is 582. The van der Waals surface area contributed by atoms with E-state index in [1.165, 1.54) is 28.2 Å². The molecular formula is C17H18ClNS. The van der Waals surface area contributed by atoms with Crippen molar-refractivity contribution in [2.45, 2.75) is 30.3 Å². The summed E-state index contributed by atoms with van der Waals surface area (Å²) in [5.74, 6) is 1.18. The van der Waals surface area contributed by atoms with Gasteiger partial charge in [-0.25, -0.2) is 0 Å². The first-order valence-corrected chi connectivity index (χ1v) is 8.33. The highest BCUT2D eigenvalue weighted by atomic mass is 35.5. The minimum Gasteiger partial charge on any atom is -0.303 e. The molecule has 3 heteroatoms. The molecule has 1 unspecified atom stereocenters. The van der Waals surface area contributed by atoms with Gasteiger partial charge in [-0.05, 0) is 48.4 Å². The van der Waals surface area contributed by atoms with E-state index in [9.17, 15) is 0 Å². The second kappa shape index (κ2) is 6.21. The van der Waals surface area contributed by atoms with Crippen LogP contribution >= 0.6 is 23.4 Å². The van der Waals surface area contributed by atoms with Gasteiger partial charge in [0.2, 0.25) is 0 Å². The third kappa shape index (κ3) is 3.03. The number of rotatable bonds is 3. The van der Waals surface area contributed by atoms with E-state index < -0.39 is 0 Å². The monoisotopic (exact) mass is 303 g/mol. The van der Waals surface area contributed by atoms with Crippen LogP contribution in [0.15, 0.2) is 53.4 Å². The van der Waals surface area contributed by atoms with Crippen molar-refractivity contribution in [3.05, 3.63) is 64.7 Å².